The molecule has 2 N–H and O–H groups in total. The third-order valence-corrected chi connectivity index (χ3v) is 4.53. The van der Waals surface area contributed by atoms with Gasteiger partial charge in [-0.1, -0.05) is 20.8 Å². The van der Waals surface area contributed by atoms with Gasteiger partial charge in [-0.05, 0) is 32.9 Å². The lowest BCUT2D eigenvalue weighted by Gasteiger charge is -2.23. The van der Waals surface area contributed by atoms with E-state index in [2.05, 4.69) is 60.0 Å². The van der Waals surface area contributed by atoms with Crippen LogP contribution >= 0.6 is 0 Å². The minimum atomic E-state index is 0.493. The van der Waals surface area contributed by atoms with E-state index in [1.807, 2.05) is 7.05 Å². The Morgan fingerprint density at radius 2 is 1.95 bits per heavy atom. The Bertz CT molecular complexity index is 312. The van der Waals surface area contributed by atoms with Gasteiger partial charge in [0.15, 0.2) is 5.96 Å². The van der Waals surface area contributed by atoms with Crippen LogP contribution in [-0.4, -0.2) is 74.2 Å². The van der Waals surface area contributed by atoms with Crippen molar-refractivity contribution in [3.05, 3.63) is 0 Å². The van der Waals surface area contributed by atoms with Crippen LogP contribution in [0.2, 0.25) is 0 Å². The summed E-state index contributed by atoms with van der Waals surface area (Å²) in [7, 11) is 1.85. The number of guanidine groups is 1. The van der Waals surface area contributed by atoms with Crippen LogP contribution in [0.4, 0.5) is 0 Å². The Labute approximate surface area is 131 Å². The third-order valence-electron chi connectivity index (χ3n) is 4.53. The minimum Gasteiger partial charge on any atom is -0.355 e. The van der Waals surface area contributed by atoms with Gasteiger partial charge in [-0.15, -0.1) is 0 Å². The second kappa shape index (κ2) is 9.26. The molecule has 21 heavy (non-hydrogen) atoms. The fourth-order valence-corrected chi connectivity index (χ4v) is 2.86. The Balaban J connectivity index is 2.37. The maximum atomic E-state index is 4.36. The lowest BCUT2D eigenvalue weighted by atomic mass is 10.1. The van der Waals surface area contributed by atoms with E-state index >= 15 is 0 Å². The summed E-state index contributed by atoms with van der Waals surface area (Å²) < 4.78 is 0. The zero-order valence-corrected chi connectivity index (χ0v) is 14.8. The molecule has 0 aromatic heterocycles. The molecular weight excluding hydrogens is 262 g/mol. The van der Waals surface area contributed by atoms with Crippen LogP contribution < -0.4 is 10.6 Å². The number of likely N-dealkylation sites (tertiary alicyclic amines) is 1. The van der Waals surface area contributed by atoms with Crippen LogP contribution in [0.3, 0.4) is 0 Å². The molecule has 1 fully saturated rings. The molecule has 0 aromatic carbocycles. The predicted molar refractivity (Wildman–Crippen MR) is 91.9 cm³/mol. The maximum absolute atomic E-state index is 4.36. The summed E-state index contributed by atoms with van der Waals surface area (Å²) in [6.45, 7) is 17.8. The highest BCUT2D eigenvalue weighted by Gasteiger charge is 2.31. The van der Waals surface area contributed by atoms with Crippen molar-refractivity contribution in [2.45, 2.75) is 46.7 Å². The van der Waals surface area contributed by atoms with Crippen molar-refractivity contribution >= 4 is 5.96 Å². The quantitative estimate of drug-likeness (QED) is 0.548. The molecule has 124 valence electrons. The summed E-state index contributed by atoms with van der Waals surface area (Å²) in [5, 5.41) is 7.03. The van der Waals surface area contributed by atoms with Gasteiger partial charge in [0, 0.05) is 45.3 Å². The first kappa shape index (κ1) is 18.2. The van der Waals surface area contributed by atoms with Crippen molar-refractivity contribution in [3.63, 3.8) is 0 Å². The average molecular weight is 297 g/mol. The van der Waals surface area contributed by atoms with Crippen molar-refractivity contribution in [2.75, 3.05) is 46.3 Å². The molecule has 0 amide bonds. The second-order valence-electron chi connectivity index (χ2n) is 6.30. The van der Waals surface area contributed by atoms with Gasteiger partial charge in [-0.3, -0.25) is 9.89 Å². The topological polar surface area (TPSA) is 42.9 Å². The highest BCUT2D eigenvalue weighted by Crippen LogP contribution is 2.18. The molecule has 0 bridgehead atoms. The standard InChI is InChI=1S/C16H35N5/c1-7-20(8-2)10-9-18-16(17-6)19-15-12-21(13(3)4)11-14(15)5/h13-15H,7-12H2,1-6H3,(H2,17,18,19). The average Bonchev–Trinajstić information content (AvgIpc) is 2.83. The molecule has 0 aromatic rings. The SMILES string of the molecule is CCN(CC)CCNC(=NC)NC1CN(C(C)C)CC1C. The third kappa shape index (κ3) is 5.83. The Morgan fingerprint density at radius 3 is 2.43 bits per heavy atom. The van der Waals surface area contributed by atoms with Gasteiger partial charge in [-0.25, -0.2) is 0 Å². The maximum Gasteiger partial charge on any atom is 0.191 e. The van der Waals surface area contributed by atoms with Gasteiger partial charge in [0.2, 0.25) is 0 Å². The van der Waals surface area contributed by atoms with Crippen LogP contribution in [0, 0.1) is 5.92 Å². The highest BCUT2D eigenvalue weighted by molar-refractivity contribution is 5.80. The summed E-state index contributed by atoms with van der Waals surface area (Å²) in [5.41, 5.74) is 0. The molecule has 1 rings (SSSR count). The van der Waals surface area contributed by atoms with Gasteiger partial charge in [0.05, 0.1) is 0 Å². The molecule has 2 unspecified atom stereocenters. The second-order valence-corrected chi connectivity index (χ2v) is 6.30. The molecule has 5 heteroatoms. The molecular formula is C16H35N5. The van der Waals surface area contributed by atoms with Crippen molar-refractivity contribution in [1.82, 2.24) is 20.4 Å². The summed E-state index contributed by atoms with van der Waals surface area (Å²) >= 11 is 0. The smallest absolute Gasteiger partial charge is 0.191 e. The monoisotopic (exact) mass is 297 g/mol. The minimum absolute atomic E-state index is 0.493. The molecule has 1 heterocycles. The first-order valence-electron chi connectivity index (χ1n) is 8.45. The number of rotatable bonds is 7. The van der Waals surface area contributed by atoms with Crippen molar-refractivity contribution in [3.8, 4) is 0 Å². The number of aliphatic imine (C=N–C) groups is 1. The molecule has 2 atom stereocenters. The molecule has 1 aliphatic rings. The van der Waals surface area contributed by atoms with E-state index in [1.165, 1.54) is 6.54 Å². The van der Waals surface area contributed by atoms with E-state index in [0.717, 1.165) is 38.7 Å². The van der Waals surface area contributed by atoms with Crippen LogP contribution in [0.15, 0.2) is 4.99 Å². The van der Waals surface area contributed by atoms with E-state index in [1.54, 1.807) is 0 Å². The normalized spacial score (nSPS) is 24.1. The van der Waals surface area contributed by atoms with Gasteiger partial charge < -0.3 is 15.5 Å². The van der Waals surface area contributed by atoms with Crippen molar-refractivity contribution in [1.29, 1.82) is 0 Å². The van der Waals surface area contributed by atoms with Crippen molar-refractivity contribution in [2.24, 2.45) is 10.9 Å². The molecule has 0 spiro atoms. The van der Waals surface area contributed by atoms with E-state index in [0.29, 0.717) is 18.0 Å². The number of hydrogen-bond acceptors (Lipinski definition) is 3. The lowest BCUT2D eigenvalue weighted by Crippen LogP contribution is -2.48. The van der Waals surface area contributed by atoms with Crippen LogP contribution in [0.5, 0.6) is 0 Å². The number of hydrogen-bond donors (Lipinski definition) is 2. The fourth-order valence-electron chi connectivity index (χ4n) is 2.86. The zero-order chi connectivity index (χ0) is 15.8. The first-order valence-corrected chi connectivity index (χ1v) is 8.45. The van der Waals surface area contributed by atoms with Crippen molar-refractivity contribution < 1.29 is 0 Å². The first-order chi connectivity index (χ1) is 10.0. The summed E-state index contributed by atoms with van der Waals surface area (Å²) in [5.74, 6) is 1.60. The van der Waals surface area contributed by atoms with Gasteiger partial charge >= 0.3 is 0 Å². The van der Waals surface area contributed by atoms with Crippen LogP contribution in [0.25, 0.3) is 0 Å². The van der Waals surface area contributed by atoms with Crippen LogP contribution in [-0.2, 0) is 0 Å². The predicted octanol–water partition coefficient (Wildman–Crippen LogP) is 1.22. The summed E-state index contributed by atoms with van der Waals surface area (Å²) in [6, 6.07) is 1.11. The molecule has 0 radical (unpaired) electrons. The zero-order valence-electron chi connectivity index (χ0n) is 14.8. The highest BCUT2D eigenvalue weighted by atomic mass is 15.3. The van der Waals surface area contributed by atoms with E-state index in [9.17, 15) is 0 Å². The van der Waals surface area contributed by atoms with E-state index in [4.69, 9.17) is 0 Å². The number of likely N-dealkylation sites (N-methyl/N-ethyl adjacent to an activating group) is 1. The number of nitrogens with one attached hydrogen (secondary N) is 2. The lowest BCUT2D eigenvalue weighted by molar-refractivity contribution is 0.265. The number of nitrogens with zero attached hydrogens (tertiary/aromatic N) is 3. The van der Waals surface area contributed by atoms with Gasteiger partial charge in [0.1, 0.15) is 0 Å². The fraction of sp³-hybridized carbons (Fsp3) is 0.938. The molecule has 5 nitrogen and oxygen atoms in total. The summed E-state index contributed by atoms with van der Waals surface area (Å²) in [4.78, 5) is 9.31. The Kier molecular flexibility index (Phi) is 8.04. The molecule has 1 saturated heterocycles. The van der Waals surface area contributed by atoms with Crippen LogP contribution in [0.1, 0.15) is 34.6 Å². The van der Waals surface area contributed by atoms with Gasteiger partial charge in [0.25, 0.3) is 0 Å². The van der Waals surface area contributed by atoms with Gasteiger partial charge in [-0.2, -0.15) is 0 Å². The Morgan fingerprint density at radius 1 is 1.29 bits per heavy atom. The molecule has 1 aliphatic heterocycles. The van der Waals surface area contributed by atoms with E-state index < -0.39 is 0 Å². The largest absolute Gasteiger partial charge is 0.355 e. The molecule has 0 aliphatic carbocycles. The Hall–Kier alpha value is -0.810. The summed E-state index contributed by atoms with van der Waals surface area (Å²) in [6.07, 6.45) is 0. The molecule has 0 saturated carbocycles. The van der Waals surface area contributed by atoms with E-state index in [-0.39, 0.29) is 0 Å².